The fourth-order valence-corrected chi connectivity index (χ4v) is 6.81. The Morgan fingerprint density at radius 2 is 1.41 bits per heavy atom. The van der Waals surface area contributed by atoms with Crippen molar-refractivity contribution in [2.45, 2.75) is 64.8 Å². The largest absolute Gasteiger partial charge is 0.508 e. The zero-order chi connectivity index (χ0) is 29.3. The number of nitrogens with two attached hydrogens (primary N) is 1. The van der Waals surface area contributed by atoms with Crippen LogP contribution < -0.4 is 5.73 Å². The standard InChI is InChI=1S/C26H43N3O8P2/c1-26(2,3)37-39(35,36)19-28(16-21-10-4-6-13-24(21)30)18-23(12-8-9-15-27)29(20-38(32,33)34)17-22-11-5-7-14-25(22)31/h4-7,10-11,13-14,23,30-31H,8-9,12,15-20,27H2,1-3H3,(H,35,36)(H2,32,33,34). The highest BCUT2D eigenvalue weighted by Crippen LogP contribution is 2.47. The molecule has 2 aromatic rings. The molecule has 0 spiro atoms. The van der Waals surface area contributed by atoms with E-state index in [4.69, 9.17) is 10.3 Å². The number of rotatable bonds is 16. The lowest BCUT2D eigenvalue weighted by atomic mass is 10.1. The summed E-state index contributed by atoms with van der Waals surface area (Å²) in [4.78, 5) is 33.8. The average molecular weight is 588 g/mol. The molecule has 0 aromatic heterocycles. The fourth-order valence-electron chi connectivity index (χ4n) is 4.37. The van der Waals surface area contributed by atoms with E-state index < -0.39 is 33.1 Å². The molecule has 13 heteroatoms. The fraction of sp³-hybridized carbons (Fsp3) is 0.538. The molecule has 11 nitrogen and oxygen atoms in total. The van der Waals surface area contributed by atoms with Gasteiger partial charge >= 0.3 is 15.2 Å². The van der Waals surface area contributed by atoms with Crippen LogP contribution in [0.25, 0.3) is 0 Å². The van der Waals surface area contributed by atoms with Gasteiger partial charge in [0.15, 0.2) is 0 Å². The lowest BCUT2D eigenvalue weighted by Gasteiger charge is -2.37. The van der Waals surface area contributed by atoms with Crippen molar-refractivity contribution in [1.82, 2.24) is 9.80 Å². The molecule has 0 aliphatic heterocycles. The molecule has 2 atom stereocenters. The van der Waals surface area contributed by atoms with E-state index in [1.807, 2.05) is 0 Å². The van der Waals surface area contributed by atoms with Gasteiger partial charge in [-0.05, 0) is 52.3 Å². The van der Waals surface area contributed by atoms with Crippen molar-refractivity contribution in [3.8, 4) is 11.5 Å². The van der Waals surface area contributed by atoms with Crippen LogP contribution in [0.4, 0.5) is 0 Å². The van der Waals surface area contributed by atoms with Gasteiger partial charge in [0.2, 0.25) is 0 Å². The summed E-state index contributed by atoms with van der Waals surface area (Å²) in [5.41, 5.74) is 5.83. The smallest absolute Gasteiger partial charge is 0.342 e. The molecule has 0 heterocycles. The van der Waals surface area contributed by atoms with Crippen LogP contribution in [0.5, 0.6) is 11.5 Å². The Morgan fingerprint density at radius 3 is 1.90 bits per heavy atom. The Bertz CT molecular complexity index is 1140. The molecular formula is C26H43N3O8P2. The molecule has 0 aliphatic rings. The number of hydrogen-bond donors (Lipinski definition) is 6. The first-order chi connectivity index (χ1) is 18.1. The molecule has 0 fully saturated rings. The summed E-state index contributed by atoms with van der Waals surface area (Å²) in [6.07, 6.45) is 0.875. The first kappa shape index (κ1) is 33.4. The molecule has 0 saturated heterocycles. The van der Waals surface area contributed by atoms with Gasteiger partial charge in [-0.25, -0.2) is 0 Å². The molecule has 0 bridgehead atoms. The number of aromatic hydroxyl groups is 2. The van der Waals surface area contributed by atoms with Crippen molar-refractivity contribution in [1.29, 1.82) is 0 Å². The monoisotopic (exact) mass is 587 g/mol. The third-order valence-corrected chi connectivity index (χ3v) is 8.21. The van der Waals surface area contributed by atoms with Crippen molar-refractivity contribution in [2.24, 2.45) is 5.73 Å². The van der Waals surface area contributed by atoms with Gasteiger partial charge in [-0.3, -0.25) is 18.9 Å². The van der Waals surface area contributed by atoms with Crippen LogP contribution >= 0.6 is 15.2 Å². The summed E-state index contributed by atoms with van der Waals surface area (Å²) >= 11 is 0. The maximum atomic E-state index is 13.1. The molecule has 2 aromatic carbocycles. The number of para-hydroxylation sites is 2. The van der Waals surface area contributed by atoms with Crippen LogP contribution in [0.3, 0.4) is 0 Å². The molecule has 2 unspecified atom stereocenters. The van der Waals surface area contributed by atoms with Crippen LogP contribution in [0.2, 0.25) is 0 Å². The molecule has 0 saturated carbocycles. The van der Waals surface area contributed by atoms with E-state index in [2.05, 4.69) is 0 Å². The van der Waals surface area contributed by atoms with Gasteiger partial charge in [0, 0.05) is 36.8 Å². The minimum absolute atomic E-state index is 0.00146. The highest BCUT2D eigenvalue weighted by atomic mass is 31.2. The molecule has 2 rings (SSSR count). The van der Waals surface area contributed by atoms with Crippen molar-refractivity contribution in [3.63, 3.8) is 0 Å². The predicted molar refractivity (Wildman–Crippen MR) is 151 cm³/mol. The van der Waals surface area contributed by atoms with Crippen LogP contribution in [0, 0.1) is 0 Å². The Morgan fingerprint density at radius 1 is 0.872 bits per heavy atom. The van der Waals surface area contributed by atoms with Crippen molar-refractivity contribution < 1.29 is 38.5 Å². The van der Waals surface area contributed by atoms with Gasteiger partial charge in [0.05, 0.1) is 5.60 Å². The quantitative estimate of drug-likeness (QED) is 0.124. The SMILES string of the molecule is CC(C)(C)OP(=O)(O)CN(Cc1ccccc1O)CC(CCCCN)N(Cc1ccccc1O)CP(=O)(O)O. The topological polar surface area (TPSA) is 177 Å². The zero-order valence-corrected chi connectivity index (χ0v) is 24.7. The van der Waals surface area contributed by atoms with E-state index in [9.17, 15) is 34.0 Å². The number of phenolic OH excluding ortho intramolecular Hbond substituents is 2. The van der Waals surface area contributed by atoms with Crippen LogP contribution in [-0.4, -0.2) is 72.0 Å². The Kier molecular flexibility index (Phi) is 12.6. The van der Waals surface area contributed by atoms with Crippen molar-refractivity contribution >= 4 is 15.2 Å². The summed E-state index contributed by atoms with van der Waals surface area (Å²) in [6.45, 7) is 5.73. The van der Waals surface area contributed by atoms with E-state index in [0.29, 0.717) is 36.9 Å². The molecular weight excluding hydrogens is 544 g/mol. The lowest BCUT2D eigenvalue weighted by Crippen LogP contribution is -2.44. The number of nitrogens with zero attached hydrogens (tertiary/aromatic N) is 2. The maximum absolute atomic E-state index is 13.1. The van der Waals surface area contributed by atoms with E-state index in [1.165, 1.54) is 12.1 Å². The van der Waals surface area contributed by atoms with E-state index >= 15 is 0 Å². The number of hydrogen-bond acceptors (Lipinski definition) is 8. The van der Waals surface area contributed by atoms with Crippen LogP contribution in [0.15, 0.2) is 48.5 Å². The Balaban J connectivity index is 2.46. The van der Waals surface area contributed by atoms with Gasteiger partial charge in [-0.1, -0.05) is 42.8 Å². The van der Waals surface area contributed by atoms with Crippen LogP contribution in [0.1, 0.15) is 51.2 Å². The van der Waals surface area contributed by atoms with Crippen molar-refractivity contribution in [2.75, 3.05) is 25.7 Å². The second-order valence-corrected chi connectivity index (χ2v) is 14.1. The lowest BCUT2D eigenvalue weighted by molar-refractivity contribution is 0.0949. The molecule has 0 amide bonds. The third kappa shape index (κ3) is 13.0. The summed E-state index contributed by atoms with van der Waals surface area (Å²) in [5, 5.41) is 20.8. The number of unbranched alkanes of at least 4 members (excludes halogenated alkanes) is 1. The average Bonchev–Trinajstić information content (AvgIpc) is 2.78. The highest BCUT2D eigenvalue weighted by Gasteiger charge is 2.33. The minimum Gasteiger partial charge on any atom is -0.508 e. The highest BCUT2D eigenvalue weighted by molar-refractivity contribution is 7.52. The summed E-state index contributed by atoms with van der Waals surface area (Å²) in [7, 11) is -8.66. The summed E-state index contributed by atoms with van der Waals surface area (Å²) in [5.74, 6) is 0.0198. The van der Waals surface area contributed by atoms with Crippen molar-refractivity contribution in [3.05, 3.63) is 59.7 Å². The van der Waals surface area contributed by atoms with Gasteiger partial charge in [0.25, 0.3) is 0 Å². The maximum Gasteiger partial charge on any atom is 0.342 e. The number of benzene rings is 2. The second kappa shape index (κ2) is 14.7. The predicted octanol–water partition coefficient (Wildman–Crippen LogP) is 3.99. The molecule has 0 aliphatic carbocycles. The van der Waals surface area contributed by atoms with E-state index in [0.717, 1.165) is 0 Å². The van der Waals surface area contributed by atoms with Gasteiger partial charge in [-0.2, -0.15) is 0 Å². The van der Waals surface area contributed by atoms with E-state index in [-0.39, 0.29) is 37.4 Å². The molecule has 7 N–H and O–H groups in total. The molecule has 0 radical (unpaired) electrons. The van der Waals surface area contributed by atoms with Crippen LogP contribution in [-0.2, 0) is 26.7 Å². The summed E-state index contributed by atoms with van der Waals surface area (Å²) in [6, 6.07) is 12.7. The Labute approximate surface area is 230 Å². The van der Waals surface area contributed by atoms with Gasteiger partial charge in [0.1, 0.15) is 24.1 Å². The Hall–Kier alpha value is -1.78. The third-order valence-electron chi connectivity index (χ3n) is 5.89. The molecule has 220 valence electrons. The molecule has 39 heavy (non-hydrogen) atoms. The zero-order valence-electron chi connectivity index (χ0n) is 22.9. The first-order valence-electron chi connectivity index (χ1n) is 12.9. The van der Waals surface area contributed by atoms with E-state index in [1.54, 1.807) is 67.0 Å². The van der Waals surface area contributed by atoms with Gasteiger partial charge < -0.3 is 35.2 Å². The second-order valence-electron chi connectivity index (χ2n) is 10.7. The van der Waals surface area contributed by atoms with Gasteiger partial charge in [-0.15, -0.1) is 0 Å². The minimum atomic E-state index is -4.52. The summed E-state index contributed by atoms with van der Waals surface area (Å²) < 4.78 is 30.8. The normalized spacial score (nSPS) is 15.0. The number of phenols is 2. The first-order valence-corrected chi connectivity index (χ1v) is 16.4.